The van der Waals surface area contributed by atoms with Gasteiger partial charge in [-0.2, -0.15) is 5.10 Å². The van der Waals surface area contributed by atoms with E-state index in [1.807, 2.05) is 6.92 Å². The Morgan fingerprint density at radius 1 is 1.65 bits per heavy atom. The van der Waals surface area contributed by atoms with E-state index in [1.165, 1.54) is 17.8 Å². The van der Waals surface area contributed by atoms with Crippen molar-refractivity contribution in [2.75, 3.05) is 12.3 Å². The van der Waals surface area contributed by atoms with Gasteiger partial charge in [0, 0.05) is 19.3 Å². The summed E-state index contributed by atoms with van der Waals surface area (Å²) < 4.78 is 27.4. The fraction of sp³-hybridized carbons (Fsp3) is 0.667. The smallest absolute Gasteiger partial charge is 0.245 e. The molecular weight excluding hydrogens is 244 g/mol. The van der Waals surface area contributed by atoms with Crippen LogP contribution in [-0.4, -0.2) is 36.0 Å². The summed E-state index contributed by atoms with van der Waals surface area (Å²) >= 11 is 0. The minimum absolute atomic E-state index is 0.0310. The van der Waals surface area contributed by atoms with Gasteiger partial charge in [-0.25, -0.2) is 13.1 Å². The maximum atomic E-state index is 11.8. The number of hydrogen-bond acceptors (Lipinski definition) is 5. The number of aliphatic hydroxyl groups excluding tert-OH is 1. The van der Waals surface area contributed by atoms with Crippen LogP contribution in [0.5, 0.6) is 0 Å². The fourth-order valence-corrected chi connectivity index (χ4v) is 2.47. The molecule has 0 aliphatic heterocycles. The number of nitrogen functional groups attached to an aromatic ring is 1. The number of aromatic nitrogens is 2. The first-order valence-corrected chi connectivity index (χ1v) is 6.85. The third-order valence-electron chi connectivity index (χ3n) is 2.07. The molecule has 1 aromatic heterocycles. The summed E-state index contributed by atoms with van der Waals surface area (Å²) in [6, 6.07) is 0. The maximum Gasteiger partial charge on any atom is 0.245 e. The van der Waals surface area contributed by atoms with Crippen LogP contribution in [0.4, 0.5) is 5.82 Å². The van der Waals surface area contributed by atoms with Gasteiger partial charge < -0.3 is 10.8 Å². The molecule has 0 saturated carbocycles. The first-order valence-electron chi connectivity index (χ1n) is 5.37. The molecule has 0 saturated heterocycles. The summed E-state index contributed by atoms with van der Waals surface area (Å²) in [5, 5.41) is 12.9. The number of aliphatic hydroxyl groups is 1. The van der Waals surface area contributed by atoms with Gasteiger partial charge >= 0.3 is 0 Å². The van der Waals surface area contributed by atoms with Crippen molar-refractivity contribution in [3.05, 3.63) is 6.20 Å². The van der Waals surface area contributed by atoms with E-state index in [0.29, 0.717) is 6.54 Å². The lowest BCUT2D eigenvalue weighted by Gasteiger charge is -2.06. The number of nitrogens with two attached hydrogens (primary N) is 1. The molecule has 1 heterocycles. The summed E-state index contributed by atoms with van der Waals surface area (Å²) in [4.78, 5) is -0.0494. The molecule has 0 bridgehead atoms. The Kier molecular flexibility index (Phi) is 4.49. The molecule has 0 radical (unpaired) electrons. The van der Waals surface area contributed by atoms with Crippen LogP contribution < -0.4 is 10.5 Å². The Morgan fingerprint density at radius 2 is 2.29 bits per heavy atom. The second kappa shape index (κ2) is 5.48. The highest BCUT2D eigenvalue weighted by Crippen LogP contribution is 2.15. The summed E-state index contributed by atoms with van der Waals surface area (Å²) in [7, 11) is -3.70. The number of anilines is 1. The monoisotopic (exact) mass is 262 g/mol. The Balaban J connectivity index is 2.90. The zero-order valence-corrected chi connectivity index (χ0v) is 10.7. The van der Waals surface area contributed by atoms with Crippen LogP contribution in [0.3, 0.4) is 0 Å². The van der Waals surface area contributed by atoms with Gasteiger partial charge in [0.2, 0.25) is 10.0 Å². The number of aryl methyl sites for hydroxylation is 1. The van der Waals surface area contributed by atoms with Crippen molar-refractivity contribution in [1.82, 2.24) is 14.5 Å². The Labute approximate surface area is 101 Å². The van der Waals surface area contributed by atoms with Crippen LogP contribution in [0, 0.1) is 0 Å². The van der Waals surface area contributed by atoms with Gasteiger partial charge in [0.05, 0.1) is 6.10 Å². The second-order valence-corrected chi connectivity index (χ2v) is 5.58. The van der Waals surface area contributed by atoms with E-state index in [4.69, 9.17) is 10.8 Å². The Hall–Kier alpha value is -1.12. The Morgan fingerprint density at radius 3 is 2.82 bits per heavy atom. The van der Waals surface area contributed by atoms with E-state index < -0.39 is 16.1 Å². The number of nitrogens with one attached hydrogen (secondary N) is 1. The first-order chi connectivity index (χ1) is 7.86. The molecule has 1 aromatic rings. The Bertz CT molecular complexity index is 467. The highest BCUT2D eigenvalue weighted by atomic mass is 32.2. The van der Waals surface area contributed by atoms with Gasteiger partial charge in [-0.3, -0.25) is 4.68 Å². The van der Waals surface area contributed by atoms with Crippen LogP contribution in [0.15, 0.2) is 11.1 Å². The predicted molar refractivity (Wildman–Crippen MR) is 63.8 cm³/mol. The average molecular weight is 262 g/mol. The van der Waals surface area contributed by atoms with E-state index in [2.05, 4.69) is 9.82 Å². The van der Waals surface area contributed by atoms with Crippen LogP contribution >= 0.6 is 0 Å². The van der Waals surface area contributed by atoms with Crippen molar-refractivity contribution >= 4 is 15.8 Å². The number of nitrogens with zero attached hydrogens (tertiary/aromatic N) is 2. The van der Waals surface area contributed by atoms with Crippen LogP contribution in [0.1, 0.15) is 20.3 Å². The molecule has 0 aliphatic rings. The third-order valence-corrected chi connectivity index (χ3v) is 3.51. The second-order valence-electron chi connectivity index (χ2n) is 3.84. The highest BCUT2D eigenvalue weighted by molar-refractivity contribution is 7.89. The minimum Gasteiger partial charge on any atom is -0.392 e. The van der Waals surface area contributed by atoms with Crippen molar-refractivity contribution in [2.24, 2.45) is 0 Å². The molecule has 1 atom stereocenters. The largest absolute Gasteiger partial charge is 0.392 e. The molecule has 0 aliphatic carbocycles. The van der Waals surface area contributed by atoms with Gasteiger partial charge in [-0.1, -0.05) is 6.92 Å². The van der Waals surface area contributed by atoms with Gasteiger partial charge in [0.1, 0.15) is 4.90 Å². The average Bonchev–Trinajstić information content (AvgIpc) is 2.58. The summed E-state index contributed by atoms with van der Waals surface area (Å²) in [6.07, 6.45) is 1.47. The third kappa shape index (κ3) is 3.69. The van der Waals surface area contributed by atoms with E-state index in [0.717, 1.165) is 6.42 Å². The molecular formula is C9H18N4O3S. The van der Waals surface area contributed by atoms with Crippen molar-refractivity contribution in [3.63, 3.8) is 0 Å². The topological polar surface area (TPSA) is 110 Å². The molecule has 0 fully saturated rings. The number of rotatable bonds is 6. The zero-order valence-electron chi connectivity index (χ0n) is 9.92. The highest BCUT2D eigenvalue weighted by Gasteiger charge is 2.21. The fourth-order valence-electron chi connectivity index (χ4n) is 1.28. The van der Waals surface area contributed by atoms with E-state index >= 15 is 0 Å². The molecule has 0 aromatic carbocycles. The van der Waals surface area contributed by atoms with Crippen molar-refractivity contribution < 1.29 is 13.5 Å². The molecule has 8 heteroatoms. The van der Waals surface area contributed by atoms with E-state index in [9.17, 15) is 8.42 Å². The predicted octanol–water partition coefficient (Wildman–Crippen LogP) is -0.466. The molecule has 1 rings (SSSR count). The maximum absolute atomic E-state index is 11.8. The quantitative estimate of drug-likeness (QED) is 0.642. The van der Waals surface area contributed by atoms with Crippen molar-refractivity contribution in [1.29, 1.82) is 0 Å². The number of hydrogen-bond donors (Lipinski definition) is 3. The lowest BCUT2D eigenvalue weighted by molar-refractivity contribution is 0.198. The van der Waals surface area contributed by atoms with Gasteiger partial charge in [-0.05, 0) is 13.3 Å². The number of sulfonamides is 1. The lowest BCUT2D eigenvalue weighted by Crippen LogP contribution is -2.30. The standard InChI is InChI=1S/C9H18N4O3S/c1-3-4-13-6-8(9(10)12-13)17(15,16)11-5-7(2)14/h6-7,11,14H,3-5H2,1-2H3,(H2,10,12)/t7-/m1/s1. The van der Waals surface area contributed by atoms with Crippen LogP contribution in [-0.2, 0) is 16.6 Å². The molecule has 0 amide bonds. The molecule has 0 spiro atoms. The van der Waals surface area contributed by atoms with E-state index in [-0.39, 0.29) is 17.3 Å². The molecule has 17 heavy (non-hydrogen) atoms. The molecule has 7 nitrogen and oxygen atoms in total. The SMILES string of the molecule is CCCn1cc(S(=O)(=O)NC[C@@H](C)O)c(N)n1. The van der Waals surface area contributed by atoms with Crippen LogP contribution in [0.25, 0.3) is 0 Å². The lowest BCUT2D eigenvalue weighted by atomic mass is 10.4. The normalized spacial score (nSPS) is 13.8. The minimum atomic E-state index is -3.70. The first kappa shape index (κ1) is 13.9. The summed E-state index contributed by atoms with van der Waals surface area (Å²) in [5.41, 5.74) is 5.55. The zero-order chi connectivity index (χ0) is 13.1. The van der Waals surface area contributed by atoms with Gasteiger partial charge in [0.15, 0.2) is 5.82 Å². The summed E-state index contributed by atoms with van der Waals surface area (Å²) in [5.74, 6) is -0.0310. The molecule has 0 unspecified atom stereocenters. The van der Waals surface area contributed by atoms with Crippen molar-refractivity contribution in [3.8, 4) is 0 Å². The summed E-state index contributed by atoms with van der Waals surface area (Å²) in [6.45, 7) is 4.00. The molecule has 4 N–H and O–H groups in total. The van der Waals surface area contributed by atoms with Gasteiger partial charge in [0.25, 0.3) is 0 Å². The van der Waals surface area contributed by atoms with Crippen molar-refractivity contribution in [2.45, 2.75) is 37.8 Å². The van der Waals surface area contributed by atoms with Crippen LogP contribution in [0.2, 0.25) is 0 Å². The molecule has 98 valence electrons. The van der Waals surface area contributed by atoms with Gasteiger partial charge in [-0.15, -0.1) is 0 Å². The van der Waals surface area contributed by atoms with E-state index in [1.54, 1.807) is 0 Å².